The molecular weight excluding hydrogens is 660 g/mol. The van der Waals surface area contributed by atoms with Gasteiger partial charge in [0.25, 0.3) is 0 Å². The fraction of sp³-hybridized carbons (Fsp3) is 0.450. The van der Waals surface area contributed by atoms with Gasteiger partial charge in [-0.05, 0) is 61.7 Å². The third-order valence-electron chi connectivity index (χ3n) is 10.6. The summed E-state index contributed by atoms with van der Waals surface area (Å²) in [6, 6.07) is 3.72. The molecule has 2 saturated heterocycles. The Morgan fingerprint density at radius 2 is 0.846 bits per heavy atom. The van der Waals surface area contributed by atoms with E-state index in [2.05, 4.69) is 20.0 Å². The van der Waals surface area contributed by atoms with Crippen LogP contribution in [0.25, 0.3) is 32.7 Å². The second kappa shape index (κ2) is 14.2. The zero-order chi connectivity index (χ0) is 37.8. The van der Waals surface area contributed by atoms with E-state index in [1.165, 1.54) is 12.4 Å². The van der Waals surface area contributed by atoms with Crippen LogP contribution in [0.1, 0.15) is 72.9 Å². The number of benzene rings is 4. The summed E-state index contributed by atoms with van der Waals surface area (Å²) >= 11 is 0. The summed E-state index contributed by atoms with van der Waals surface area (Å²) in [4.78, 5) is 4.41. The molecule has 4 aromatic carbocycles. The van der Waals surface area contributed by atoms with Gasteiger partial charge in [0.15, 0.2) is 23.0 Å². The number of phenolic OH excluding ortho intramolecular Hbond substituents is 6. The zero-order valence-corrected chi connectivity index (χ0v) is 31.5. The number of aryl methyl sites for hydroxylation is 2. The minimum Gasteiger partial charge on any atom is -0.507 e. The molecule has 278 valence electrons. The van der Waals surface area contributed by atoms with E-state index < -0.39 is 0 Å². The first-order valence-corrected chi connectivity index (χ1v) is 18.1. The molecule has 12 heteroatoms. The van der Waals surface area contributed by atoms with Crippen LogP contribution in [0.5, 0.6) is 34.5 Å². The van der Waals surface area contributed by atoms with E-state index in [-0.39, 0.29) is 57.5 Å². The Labute approximate surface area is 305 Å². The van der Waals surface area contributed by atoms with Gasteiger partial charge < -0.3 is 40.4 Å². The molecule has 0 saturated carbocycles. The number of fused-ring (bicyclic) bond motifs is 2. The molecule has 0 amide bonds. The van der Waals surface area contributed by atoms with E-state index in [9.17, 15) is 30.6 Å². The summed E-state index contributed by atoms with van der Waals surface area (Å²) in [7, 11) is 4.10. The summed E-state index contributed by atoms with van der Waals surface area (Å²) in [5.74, 6) is -2.09. The largest absolute Gasteiger partial charge is 0.507 e. The average Bonchev–Trinajstić information content (AvgIpc) is 3.08. The summed E-state index contributed by atoms with van der Waals surface area (Å²) in [6.07, 6.45) is 2.98. The van der Waals surface area contributed by atoms with E-state index in [1.807, 2.05) is 77.8 Å². The van der Waals surface area contributed by atoms with Gasteiger partial charge in [-0.15, -0.1) is 0 Å². The number of likely N-dealkylation sites (N-methyl/N-ethyl adjacent to an activating group) is 2. The van der Waals surface area contributed by atoms with Crippen LogP contribution >= 0.6 is 0 Å². The van der Waals surface area contributed by atoms with Crippen molar-refractivity contribution in [3.63, 3.8) is 0 Å². The topological polar surface area (TPSA) is 159 Å². The molecule has 0 radical (unpaired) electrons. The van der Waals surface area contributed by atoms with Crippen molar-refractivity contribution >= 4 is 34.0 Å². The molecular formula is C40H52N6O6. The molecule has 0 unspecified atom stereocenters. The maximum Gasteiger partial charge on any atom is 0.167 e. The minimum absolute atomic E-state index is 0.164. The van der Waals surface area contributed by atoms with Crippen LogP contribution in [-0.4, -0.2) is 129 Å². The summed E-state index contributed by atoms with van der Waals surface area (Å²) in [5, 5.41) is 85.0. The van der Waals surface area contributed by atoms with Crippen LogP contribution in [0.15, 0.2) is 22.3 Å². The monoisotopic (exact) mass is 712 g/mol. The van der Waals surface area contributed by atoms with Gasteiger partial charge in [-0.3, -0.25) is 10.0 Å². The molecule has 6 rings (SSSR count). The van der Waals surface area contributed by atoms with Gasteiger partial charge in [0.05, 0.1) is 23.6 Å². The normalized spacial score (nSPS) is 16.7. The molecule has 52 heavy (non-hydrogen) atoms. The molecule has 4 aromatic rings. The average molecular weight is 713 g/mol. The van der Waals surface area contributed by atoms with Crippen molar-refractivity contribution in [2.24, 2.45) is 10.2 Å². The van der Waals surface area contributed by atoms with Gasteiger partial charge >= 0.3 is 0 Å². The molecule has 2 aliphatic rings. The SMILES string of the molecule is Cc1cc2c(C(C)C)c(O)c(O)c(/C=N\N3CCN(C)CC3)c2c(O)c1-c1c(C)cc2c(C(C)C)c(O)c(O)c(/C=N\N3CCN(C)CC3)c2c1O. The lowest BCUT2D eigenvalue weighted by atomic mass is 9.83. The van der Waals surface area contributed by atoms with Crippen LogP contribution in [0, 0.1) is 13.8 Å². The predicted octanol–water partition coefficient (Wildman–Crippen LogP) is 5.92. The predicted molar refractivity (Wildman–Crippen MR) is 208 cm³/mol. The molecule has 0 aliphatic carbocycles. The van der Waals surface area contributed by atoms with Crippen LogP contribution in [0.2, 0.25) is 0 Å². The van der Waals surface area contributed by atoms with Gasteiger partial charge in [-0.1, -0.05) is 39.8 Å². The number of hydrazone groups is 2. The number of aromatic hydroxyl groups is 6. The van der Waals surface area contributed by atoms with E-state index in [0.29, 0.717) is 81.1 Å². The second-order valence-corrected chi connectivity index (χ2v) is 15.0. The molecule has 6 N–H and O–H groups in total. The van der Waals surface area contributed by atoms with Crippen LogP contribution < -0.4 is 0 Å². The summed E-state index contributed by atoms with van der Waals surface area (Å²) < 4.78 is 0. The van der Waals surface area contributed by atoms with Crippen LogP contribution in [0.4, 0.5) is 0 Å². The maximum atomic E-state index is 12.4. The maximum absolute atomic E-state index is 12.4. The molecule has 0 spiro atoms. The molecule has 12 nitrogen and oxygen atoms in total. The number of hydrogen-bond donors (Lipinski definition) is 6. The number of phenols is 6. The van der Waals surface area contributed by atoms with Gasteiger partial charge in [0.2, 0.25) is 0 Å². The molecule has 2 heterocycles. The standard InChI is InChI=1S/C40H52N6O6/c1-21(2)29-25-17-23(5)31(37(49)33(25)27(35(47)39(29)51)19-41-45-13-9-43(7)10-14-45)32-24(6)18-26-30(22(3)4)40(52)36(48)28(34(26)38(32)50)20-42-46-15-11-44(8)12-16-46/h17-22,47-52H,9-16H2,1-8H3/b41-19-,42-20-. The van der Waals surface area contributed by atoms with Crippen molar-refractivity contribution in [2.75, 3.05) is 66.5 Å². The van der Waals surface area contributed by atoms with Crippen molar-refractivity contribution in [2.45, 2.75) is 53.4 Å². The Morgan fingerprint density at radius 3 is 1.15 bits per heavy atom. The first-order chi connectivity index (χ1) is 24.6. The number of rotatable bonds is 7. The minimum atomic E-state index is -0.386. The van der Waals surface area contributed by atoms with E-state index in [1.54, 1.807) is 0 Å². The lowest BCUT2D eigenvalue weighted by Crippen LogP contribution is -2.41. The first kappa shape index (κ1) is 36.8. The third kappa shape index (κ3) is 6.38. The Balaban J connectivity index is 1.64. The fourth-order valence-electron chi connectivity index (χ4n) is 7.73. The Bertz CT molecular complexity index is 1940. The van der Waals surface area contributed by atoms with Crippen molar-refractivity contribution in [3.8, 4) is 45.6 Å². The lowest BCUT2D eigenvalue weighted by Gasteiger charge is -2.30. The van der Waals surface area contributed by atoms with E-state index in [0.717, 1.165) is 26.2 Å². The fourth-order valence-corrected chi connectivity index (χ4v) is 7.73. The van der Waals surface area contributed by atoms with Crippen molar-refractivity contribution < 1.29 is 30.6 Å². The molecule has 0 aromatic heterocycles. The highest BCUT2D eigenvalue weighted by atomic mass is 16.3. The molecule has 0 bridgehead atoms. The van der Waals surface area contributed by atoms with E-state index >= 15 is 0 Å². The lowest BCUT2D eigenvalue weighted by molar-refractivity contribution is 0.159. The summed E-state index contributed by atoms with van der Waals surface area (Å²) in [5.41, 5.74) is 3.20. The first-order valence-electron chi connectivity index (χ1n) is 18.1. The van der Waals surface area contributed by atoms with Gasteiger partial charge in [0, 0.05) is 85.4 Å². The van der Waals surface area contributed by atoms with Gasteiger partial charge in [-0.2, -0.15) is 10.2 Å². The van der Waals surface area contributed by atoms with Crippen LogP contribution in [0.3, 0.4) is 0 Å². The third-order valence-corrected chi connectivity index (χ3v) is 10.6. The highest BCUT2D eigenvalue weighted by molar-refractivity contribution is 6.15. The van der Waals surface area contributed by atoms with Gasteiger partial charge in [0.1, 0.15) is 11.5 Å². The van der Waals surface area contributed by atoms with Crippen molar-refractivity contribution in [3.05, 3.63) is 45.5 Å². The van der Waals surface area contributed by atoms with Crippen molar-refractivity contribution in [1.82, 2.24) is 19.8 Å². The zero-order valence-electron chi connectivity index (χ0n) is 31.5. The second-order valence-electron chi connectivity index (χ2n) is 15.0. The number of hydrogen-bond acceptors (Lipinski definition) is 12. The molecule has 2 aliphatic heterocycles. The molecule has 2 fully saturated rings. The Hall–Kier alpha value is -4.94. The highest BCUT2D eigenvalue weighted by Gasteiger charge is 2.30. The number of nitrogens with zero attached hydrogens (tertiary/aromatic N) is 6. The summed E-state index contributed by atoms with van der Waals surface area (Å²) in [6.45, 7) is 17.3. The van der Waals surface area contributed by atoms with Crippen molar-refractivity contribution in [1.29, 1.82) is 0 Å². The molecule has 0 atom stereocenters. The van der Waals surface area contributed by atoms with Crippen LogP contribution in [-0.2, 0) is 0 Å². The van der Waals surface area contributed by atoms with E-state index in [4.69, 9.17) is 0 Å². The van der Waals surface area contributed by atoms with Gasteiger partial charge in [-0.25, -0.2) is 0 Å². The quantitative estimate of drug-likeness (QED) is 0.100. The smallest absolute Gasteiger partial charge is 0.167 e. The highest BCUT2D eigenvalue weighted by Crippen LogP contribution is 2.54. The Morgan fingerprint density at radius 1 is 0.519 bits per heavy atom. The Kier molecular flexibility index (Phi) is 10.1. The number of piperazine rings is 2.